The maximum atomic E-state index is 11.7. The van der Waals surface area contributed by atoms with E-state index in [-0.39, 0.29) is 5.78 Å². The Balaban J connectivity index is 1.94. The Hall–Kier alpha value is -2.13. The smallest absolute Gasteiger partial charge is 0.151 e. The van der Waals surface area contributed by atoms with Crippen LogP contribution in [-0.4, -0.2) is 31.3 Å². The van der Waals surface area contributed by atoms with Crippen LogP contribution < -0.4 is 4.74 Å². The van der Waals surface area contributed by atoms with Gasteiger partial charge in [-0.3, -0.25) is 4.79 Å². The first-order chi connectivity index (χ1) is 9.63. The van der Waals surface area contributed by atoms with Gasteiger partial charge in [0.05, 0.1) is 6.54 Å². The number of ketones is 1. The Morgan fingerprint density at radius 1 is 0.950 bits per heavy atom. The van der Waals surface area contributed by atoms with Crippen molar-refractivity contribution < 1.29 is 9.53 Å². The number of para-hydroxylation sites is 1. The molecule has 0 spiro atoms. The van der Waals surface area contributed by atoms with Gasteiger partial charge in [0.15, 0.2) is 5.78 Å². The summed E-state index contributed by atoms with van der Waals surface area (Å²) in [7, 11) is 3.80. The maximum Gasteiger partial charge on any atom is 0.151 e. The molecule has 0 fully saturated rings. The maximum absolute atomic E-state index is 11.7. The van der Waals surface area contributed by atoms with Crippen molar-refractivity contribution in [3.05, 3.63) is 60.2 Å². The topological polar surface area (TPSA) is 29.5 Å². The second kappa shape index (κ2) is 6.87. The number of ether oxygens (including phenoxy) is 1. The summed E-state index contributed by atoms with van der Waals surface area (Å²) in [5.74, 6) is 1.80. The molecule has 2 rings (SSSR count). The zero-order valence-corrected chi connectivity index (χ0v) is 11.9. The van der Waals surface area contributed by atoms with Crippen molar-refractivity contribution >= 4 is 5.78 Å². The Morgan fingerprint density at radius 3 is 2.15 bits per heavy atom. The number of carbonyl (C=O) groups is 1. The van der Waals surface area contributed by atoms with E-state index < -0.39 is 0 Å². The quantitative estimate of drug-likeness (QED) is 0.806. The zero-order chi connectivity index (χ0) is 14.4. The molecule has 0 atom stereocenters. The van der Waals surface area contributed by atoms with Crippen molar-refractivity contribution in [2.24, 2.45) is 0 Å². The lowest BCUT2D eigenvalue weighted by molar-refractivity contribution is -0.119. The van der Waals surface area contributed by atoms with E-state index >= 15 is 0 Å². The summed E-state index contributed by atoms with van der Waals surface area (Å²) >= 11 is 0. The highest BCUT2D eigenvalue weighted by molar-refractivity contribution is 5.82. The summed E-state index contributed by atoms with van der Waals surface area (Å²) in [5, 5.41) is 0. The minimum Gasteiger partial charge on any atom is -0.457 e. The van der Waals surface area contributed by atoms with Crippen molar-refractivity contribution in [3.8, 4) is 11.5 Å². The van der Waals surface area contributed by atoms with Crippen LogP contribution in [0.1, 0.15) is 5.56 Å². The summed E-state index contributed by atoms with van der Waals surface area (Å²) in [6.45, 7) is 0.474. The summed E-state index contributed by atoms with van der Waals surface area (Å²) < 4.78 is 5.71. The lowest BCUT2D eigenvalue weighted by Gasteiger charge is -2.09. The number of hydrogen-bond acceptors (Lipinski definition) is 3. The molecule has 0 saturated carbocycles. The van der Waals surface area contributed by atoms with Crippen LogP contribution in [0.15, 0.2) is 54.6 Å². The van der Waals surface area contributed by atoms with Crippen molar-refractivity contribution in [1.82, 2.24) is 4.90 Å². The van der Waals surface area contributed by atoms with Crippen LogP contribution in [0.25, 0.3) is 0 Å². The predicted octanol–water partition coefficient (Wildman–Crippen LogP) is 3.15. The first kappa shape index (κ1) is 14.3. The molecule has 3 heteroatoms. The molecule has 20 heavy (non-hydrogen) atoms. The third-order valence-electron chi connectivity index (χ3n) is 2.80. The molecule has 104 valence electrons. The SMILES string of the molecule is CN(C)CC(=O)Cc1ccc(Oc2ccccc2)cc1. The molecule has 0 aliphatic rings. The van der Waals surface area contributed by atoms with Gasteiger partial charge in [-0.1, -0.05) is 30.3 Å². The van der Waals surface area contributed by atoms with Gasteiger partial charge in [0, 0.05) is 6.42 Å². The second-order valence-corrected chi connectivity index (χ2v) is 5.01. The highest BCUT2D eigenvalue weighted by atomic mass is 16.5. The van der Waals surface area contributed by atoms with Crippen molar-refractivity contribution in [1.29, 1.82) is 0 Å². The van der Waals surface area contributed by atoms with Gasteiger partial charge >= 0.3 is 0 Å². The zero-order valence-electron chi connectivity index (χ0n) is 11.9. The molecular formula is C17H19NO2. The Kier molecular flexibility index (Phi) is 4.91. The predicted molar refractivity (Wildman–Crippen MR) is 80.2 cm³/mol. The van der Waals surface area contributed by atoms with E-state index in [1.807, 2.05) is 73.6 Å². The van der Waals surface area contributed by atoms with E-state index in [2.05, 4.69) is 0 Å². The number of nitrogens with zero attached hydrogens (tertiary/aromatic N) is 1. The van der Waals surface area contributed by atoms with Gasteiger partial charge in [0.25, 0.3) is 0 Å². The van der Waals surface area contributed by atoms with Crippen molar-refractivity contribution in [2.45, 2.75) is 6.42 Å². The number of benzene rings is 2. The monoisotopic (exact) mass is 269 g/mol. The molecule has 0 aromatic heterocycles. The first-order valence-electron chi connectivity index (χ1n) is 6.62. The average molecular weight is 269 g/mol. The fourth-order valence-electron chi connectivity index (χ4n) is 1.94. The molecule has 0 bridgehead atoms. The second-order valence-electron chi connectivity index (χ2n) is 5.01. The van der Waals surface area contributed by atoms with Crippen LogP contribution in [0, 0.1) is 0 Å². The fourth-order valence-corrected chi connectivity index (χ4v) is 1.94. The Morgan fingerprint density at radius 2 is 1.55 bits per heavy atom. The van der Waals surface area contributed by atoms with Crippen LogP contribution in [0.5, 0.6) is 11.5 Å². The molecule has 0 unspecified atom stereocenters. The molecule has 0 heterocycles. The van der Waals surface area contributed by atoms with Gasteiger partial charge in [-0.25, -0.2) is 0 Å². The van der Waals surface area contributed by atoms with Gasteiger partial charge in [-0.2, -0.15) is 0 Å². The van der Waals surface area contributed by atoms with E-state index in [4.69, 9.17) is 4.74 Å². The summed E-state index contributed by atoms with van der Waals surface area (Å²) in [4.78, 5) is 13.6. The average Bonchev–Trinajstić information content (AvgIpc) is 2.41. The normalized spacial score (nSPS) is 10.6. The number of Topliss-reactive ketones (excluding diaryl/α,β-unsaturated/α-hetero) is 1. The van der Waals surface area contributed by atoms with Gasteiger partial charge in [0.2, 0.25) is 0 Å². The standard InChI is InChI=1S/C17H19NO2/c1-18(2)13-15(19)12-14-8-10-17(11-9-14)20-16-6-4-3-5-7-16/h3-11H,12-13H2,1-2H3. The number of carbonyl (C=O) groups excluding carboxylic acids is 1. The number of hydrogen-bond donors (Lipinski definition) is 0. The summed E-state index contributed by atoms with van der Waals surface area (Å²) in [6.07, 6.45) is 0.462. The van der Waals surface area contributed by atoms with Gasteiger partial charge < -0.3 is 9.64 Å². The Labute approximate surface area is 119 Å². The van der Waals surface area contributed by atoms with E-state index in [0.717, 1.165) is 17.1 Å². The molecule has 0 aliphatic heterocycles. The molecule has 0 aliphatic carbocycles. The molecule has 2 aromatic carbocycles. The third kappa shape index (κ3) is 4.52. The highest BCUT2D eigenvalue weighted by Crippen LogP contribution is 2.21. The van der Waals surface area contributed by atoms with Gasteiger partial charge in [0.1, 0.15) is 11.5 Å². The van der Waals surface area contributed by atoms with E-state index in [1.54, 1.807) is 0 Å². The van der Waals surface area contributed by atoms with Crippen LogP contribution in [0.2, 0.25) is 0 Å². The molecule has 2 aromatic rings. The van der Waals surface area contributed by atoms with Gasteiger partial charge in [-0.15, -0.1) is 0 Å². The summed E-state index contributed by atoms with van der Waals surface area (Å²) in [6, 6.07) is 17.3. The minimum absolute atomic E-state index is 0.215. The lowest BCUT2D eigenvalue weighted by atomic mass is 10.1. The lowest BCUT2D eigenvalue weighted by Crippen LogP contribution is -2.22. The molecule has 0 amide bonds. The van der Waals surface area contributed by atoms with Crippen molar-refractivity contribution in [2.75, 3.05) is 20.6 Å². The fraction of sp³-hybridized carbons (Fsp3) is 0.235. The molecule has 0 N–H and O–H groups in total. The Bertz CT molecular complexity index is 547. The molecular weight excluding hydrogens is 250 g/mol. The van der Waals surface area contributed by atoms with E-state index in [1.165, 1.54) is 0 Å². The van der Waals surface area contributed by atoms with Gasteiger partial charge in [-0.05, 0) is 43.9 Å². The highest BCUT2D eigenvalue weighted by Gasteiger charge is 2.05. The van der Waals surface area contributed by atoms with E-state index in [0.29, 0.717) is 13.0 Å². The molecule has 0 saturated heterocycles. The van der Waals surface area contributed by atoms with E-state index in [9.17, 15) is 4.79 Å². The van der Waals surface area contributed by atoms with Crippen LogP contribution in [-0.2, 0) is 11.2 Å². The van der Waals surface area contributed by atoms with Crippen molar-refractivity contribution in [3.63, 3.8) is 0 Å². The minimum atomic E-state index is 0.215. The van der Waals surface area contributed by atoms with Crippen LogP contribution in [0.3, 0.4) is 0 Å². The molecule has 0 radical (unpaired) electrons. The third-order valence-corrected chi connectivity index (χ3v) is 2.80. The van der Waals surface area contributed by atoms with Crippen LogP contribution in [0.4, 0.5) is 0 Å². The van der Waals surface area contributed by atoms with Crippen LogP contribution >= 0.6 is 0 Å². The number of likely N-dealkylation sites (N-methyl/N-ethyl adjacent to an activating group) is 1. The summed E-state index contributed by atoms with van der Waals surface area (Å²) in [5.41, 5.74) is 1.01. The number of rotatable bonds is 6. The molecule has 3 nitrogen and oxygen atoms in total. The largest absolute Gasteiger partial charge is 0.457 e. The first-order valence-corrected chi connectivity index (χ1v) is 6.62.